The number of rotatable bonds is 0. The molecule has 0 aliphatic rings. The van der Waals surface area contributed by atoms with E-state index in [2.05, 4.69) is 213 Å². The van der Waals surface area contributed by atoms with Crippen molar-refractivity contribution in [2.24, 2.45) is 0 Å². The van der Waals surface area contributed by atoms with Crippen molar-refractivity contribution in [1.29, 1.82) is 0 Å². The molecule has 0 nitrogen and oxygen atoms in total. The molecule has 0 saturated carbocycles. The van der Waals surface area contributed by atoms with Crippen LogP contribution in [-0.4, -0.2) is 5.83 Å². The summed E-state index contributed by atoms with van der Waals surface area (Å²) in [5.74, 6) is 1.81. The van der Waals surface area contributed by atoms with Gasteiger partial charge in [-0.2, -0.15) is 0 Å². The maximum absolute atomic E-state index is 2.94. The Morgan fingerprint density at radius 2 is 0.341 bits per heavy atom. The van der Waals surface area contributed by atoms with Gasteiger partial charge >= 0.3 is 0 Å². The maximum Gasteiger partial charge on any atom is -0.00848 e. The first kappa shape index (κ1) is 42.1. The van der Waals surface area contributed by atoms with E-state index >= 15 is 0 Å². The SMILES string of the molecule is CBr.CC(C)(C)c1ccccc1C(C)(C)C.CC(C)(C)c1ccccc1C(C)(C)C.CC(C)(C)c1ccccc1C(C)(C)C. The smallest absolute Gasteiger partial charge is 0.00848 e. The molecule has 0 aliphatic heterocycles. The molecule has 0 aliphatic carbocycles. The van der Waals surface area contributed by atoms with Gasteiger partial charge in [0.05, 0.1) is 0 Å². The fourth-order valence-corrected chi connectivity index (χ4v) is 5.37. The number of hydrogen-bond acceptors (Lipinski definition) is 0. The van der Waals surface area contributed by atoms with Crippen molar-refractivity contribution in [1.82, 2.24) is 0 Å². The van der Waals surface area contributed by atoms with Crippen molar-refractivity contribution in [2.45, 2.75) is 157 Å². The van der Waals surface area contributed by atoms with Crippen LogP contribution in [0.3, 0.4) is 0 Å². The number of benzene rings is 3. The third-order valence-electron chi connectivity index (χ3n) is 7.63. The summed E-state index contributed by atoms with van der Waals surface area (Å²) < 4.78 is 0. The molecule has 44 heavy (non-hydrogen) atoms. The van der Waals surface area contributed by atoms with Crippen molar-refractivity contribution in [2.75, 3.05) is 5.83 Å². The van der Waals surface area contributed by atoms with Crippen LogP contribution in [0, 0.1) is 0 Å². The molecule has 0 fully saturated rings. The molecule has 0 heterocycles. The summed E-state index contributed by atoms with van der Waals surface area (Å²) in [6.45, 7) is 41.0. The zero-order valence-electron chi connectivity index (χ0n) is 32.3. The summed E-state index contributed by atoms with van der Waals surface area (Å²) in [6.07, 6.45) is 0. The van der Waals surface area contributed by atoms with Crippen LogP contribution in [0.5, 0.6) is 0 Å². The lowest BCUT2D eigenvalue weighted by molar-refractivity contribution is 0.530. The minimum Gasteiger partial charge on any atom is -0.0966 e. The van der Waals surface area contributed by atoms with Gasteiger partial charge in [-0.3, -0.25) is 0 Å². The zero-order valence-corrected chi connectivity index (χ0v) is 33.9. The minimum atomic E-state index is 0.240. The van der Waals surface area contributed by atoms with Crippen LogP contribution in [0.2, 0.25) is 0 Å². The van der Waals surface area contributed by atoms with Gasteiger partial charge in [0, 0.05) is 0 Å². The highest BCUT2D eigenvalue weighted by Crippen LogP contribution is 2.35. The second-order valence-corrected chi connectivity index (χ2v) is 18.1. The predicted octanol–water partition coefficient (Wildman–Crippen LogP) is 13.9. The molecule has 0 atom stereocenters. The Balaban J connectivity index is 0.000000612. The maximum atomic E-state index is 2.94. The lowest BCUT2D eigenvalue weighted by Crippen LogP contribution is -2.21. The van der Waals surface area contributed by atoms with Gasteiger partial charge in [0.2, 0.25) is 0 Å². The summed E-state index contributed by atoms with van der Waals surface area (Å²) in [6, 6.07) is 26.3. The third-order valence-corrected chi connectivity index (χ3v) is 7.63. The Morgan fingerprint density at radius 1 is 0.250 bits per heavy atom. The van der Waals surface area contributed by atoms with Crippen LogP contribution in [0.15, 0.2) is 72.8 Å². The van der Waals surface area contributed by atoms with Crippen molar-refractivity contribution < 1.29 is 0 Å². The summed E-state index contributed by atoms with van der Waals surface area (Å²) in [7, 11) is 0. The molecule has 0 unspecified atom stereocenters. The van der Waals surface area contributed by atoms with E-state index in [0.29, 0.717) is 0 Å². The number of halogens is 1. The molecule has 0 radical (unpaired) electrons. The highest BCUT2D eigenvalue weighted by molar-refractivity contribution is 9.08. The number of alkyl halides is 1. The van der Waals surface area contributed by atoms with Gasteiger partial charge in [-0.1, -0.05) is 213 Å². The van der Waals surface area contributed by atoms with E-state index in [1.165, 1.54) is 33.4 Å². The molecule has 0 bridgehead atoms. The monoisotopic (exact) mass is 664 g/mol. The lowest BCUT2D eigenvalue weighted by Gasteiger charge is -2.29. The van der Waals surface area contributed by atoms with E-state index in [4.69, 9.17) is 0 Å². The van der Waals surface area contributed by atoms with Gasteiger partial charge in [0.1, 0.15) is 0 Å². The first-order chi connectivity index (χ1) is 19.7. The van der Waals surface area contributed by atoms with Crippen LogP contribution < -0.4 is 0 Å². The molecule has 0 amide bonds. The van der Waals surface area contributed by atoms with Crippen LogP contribution in [0.1, 0.15) is 158 Å². The van der Waals surface area contributed by atoms with E-state index in [1.54, 1.807) is 0 Å². The standard InChI is InChI=1S/3C14H22.CH3Br/c3*1-13(2,3)11-9-7-8-10-12(11)14(4,5)6;1-2/h3*7-10H,1-6H3;1H3. The largest absolute Gasteiger partial charge is 0.0966 e. The summed E-state index contributed by atoms with van der Waals surface area (Å²) >= 11 is 2.94. The van der Waals surface area contributed by atoms with Crippen LogP contribution in [-0.2, 0) is 32.5 Å². The molecular formula is C43H69Br. The molecule has 3 aromatic carbocycles. The fourth-order valence-electron chi connectivity index (χ4n) is 5.37. The van der Waals surface area contributed by atoms with Gasteiger partial charge in [0.15, 0.2) is 0 Å². The summed E-state index contributed by atoms with van der Waals surface area (Å²) in [5, 5.41) is 0. The van der Waals surface area contributed by atoms with Crippen molar-refractivity contribution in [3.63, 3.8) is 0 Å². The first-order valence-corrected chi connectivity index (χ1v) is 17.9. The van der Waals surface area contributed by atoms with E-state index < -0.39 is 0 Å². The van der Waals surface area contributed by atoms with E-state index in [1.807, 2.05) is 5.83 Å². The van der Waals surface area contributed by atoms with Crippen molar-refractivity contribution >= 4 is 15.9 Å². The first-order valence-electron chi connectivity index (χ1n) is 16.4. The average Bonchev–Trinajstić information content (AvgIpc) is 2.88. The fraction of sp³-hybridized carbons (Fsp3) is 0.581. The molecule has 0 saturated heterocycles. The molecule has 3 rings (SSSR count). The van der Waals surface area contributed by atoms with Crippen LogP contribution in [0.4, 0.5) is 0 Å². The second kappa shape index (κ2) is 16.1. The quantitative estimate of drug-likeness (QED) is 0.210. The van der Waals surface area contributed by atoms with Crippen molar-refractivity contribution in [3.05, 3.63) is 106 Å². The molecule has 3 aromatic rings. The molecule has 0 spiro atoms. The lowest BCUT2D eigenvalue weighted by atomic mass is 9.75. The van der Waals surface area contributed by atoms with E-state index in [-0.39, 0.29) is 32.5 Å². The highest BCUT2D eigenvalue weighted by Gasteiger charge is 2.26. The number of hydrogen-bond donors (Lipinski definition) is 0. The topological polar surface area (TPSA) is 0 Å². The minimum absolute atomic E-state index is 0.240. The van der Waals surface area contributed by atoms with Gasteiger partial charge in [-0.25, -0.2) is 0 Å². The van der Waals surface area contributed by atoms with Crippen molar-refractivity contribution in [3.8, 4) is 0 Å². The third kappa shape index (κ3) is 13.6. The Hall–Kier alpha value is -1.86. The van der Waals surface area contributed by atoms with Crippen LogP contribution in [0.25, 0.3) is 0 Å². The molecule has 0 aromatic heterocycles. The average molecular weight is 666 g/mol. The molecule has 0 N–H and O–H groups in total. The van der Waals surface area contributed by atoms with Gasteiger partial charge < -0.3 is 0 Å². The van der Waals surface area contributed by atoms with E-state index in [9.17, 15) is 0 Å². The predicted molar refractivity (Wildman–Crippen MR) is 206 cm³/mol. The Bertz CT molecular complexity index is 991. The normalized spacial score (nSPS) is 12.5. The van der Waals surface area contributed by atoms with Gasteiger partial charge in [-0.15, -0.1) is 0 Å². The summed E-state index contributed by atoms with van der Waals surface area (Å²) in [5.41, 5.74) is 10.2. The molecule has 1 heteroatoms. The highest BCUT2D eigenvalue weighted by atomic mass is 79.9. The Morgan fingerprint density at radius 3 is 0.409 bits per heavy atom. The molecule has 248 valence electrons. The van der Waals surface area contributed by atoms with E-state index in [0.717, 1.165) is 0 Å². The van der Waals surface area contributed by atoms with Gasteiger partial charge in [0.25, 0.3) is 0 Å². The zero-order chi connectivity index (χ0) is 34.9. The van der Waals surface area contributed by atoms with Gasteiger partial charge in [-0.05, 0) is 71.7 Å². The van der Waals surface area contributed by atoms with Crippen LogP contribution >= 0.6 is 15.9 Å². The Labute approximate surface area is 284 Å². The molecular weight excluding hydrogens is 596 g/mol. The summed E-state index contributed by atoms with van der Waals surface area (Å²) in [4.78, 5) is 0. The second-order valence-electron chi connectivity index (χ2n) is 18.1. The Kier molecular flexibility index (Phi) is 15.4.